The number of rotatable bonds is 26. The summed E-state index contributed by atoms with van der Waals surface area (Å²) in [6, 6.07) is 64.2. The molecule has 728 valence electrons. The average molecular weight is 1830 g/mol. The molecule has 6 aromatic heterocycles. The first-order valence-corrected chi connectivity index (χ1v) is 46.7. The quantitative estimate of drug-likeness (QED) is 0.0294. The number of likely N-dealkylation sites (N-methyl/N-ethyl adjacent to an activating group) is 1. The van der Waals surface area contributed by atoms with Crippen LogP contribution in [0.25, 0.3) is 4.85 Å². The molecule has 134 heavy (non-hydrogen) atoms. The molecule has 2 N–H and O–H groups in total. The van der Waals surface area contributed by atoms with Crippen molar-refractivity contribution < 1.29 is 33.2 Å². The van der Waals surface area contributed by atoms with E-state index >= 15 is 0 Å². The first-order chi connectivity index (χ1) is 62.9. The second kappa shape index (κ2) is 71.7. The molecule has 0 unspecified atom stereocenters. The molecule has 0 radical (unpaired) electrons. The zero-order chi connectivity index (χ0) is 98.3. The van der Waals surface area contributed by atoms with Crippen LogP contribution in [0.4, 0.5) is 10.1 Å². The van der Waals surface area contributed by atoms with Gasteiger partial charge in [-0.2, -0.15) is 5.26 Å². The normalized spacial score (nSPS) is 11.0. The summed E-state index contributed by atoms with van der Waals surface area (Å²) in [5.41, 5.74) is 15.8. The van der Waals surface area contributed by atoms with Gasteiger partial charge in [-0.1, -0.05) is 300 Å². The number of nitrogens with zero attached hydrogens (tertiary/aromatic N) is 8. The first kappa shape index (κ1) is 122. The van der Waals surface area contributed by atoms with Gasteiger partial charge in [-0.05, 0) is 221 Å². The number of nitriles is 1. The summed E-state index contributed by atoms with van der Waals surface area (Å²) in [6.45, 7) is 61.4. The summed E-state index contributed by atoms with van der Waals surface area (Å²) >= 11 is 0. The lowest BCUT2D eigenvalue weighted by Gasteiger charge is -2.21. The highest BCUT2D eigenvalue weighted by atomic mass is 19.1. The Balaban J connectivity index is 0.00000146. The molecule has 12 rings (SSSR count). The number of pyridine rings is 6. The van der Waals surface area contributed by atoms with Crippen LogP contribution in [-0.2, 0) is 11.3 Å². The highest BCUT2D eigenvalue weighted by Crippen LogP contribution is 2.26. The largest absolute Gasteiger partial charge is 0.494 e. The van der Waals surface area contributed by atoms with Crippen molar-refractivity contribution in [2.45, 2.75) is 271 Å². The van der Waals surface area contributed by atoms with Gasteiger partial charge >= 0.3 is 0 Å². The van der Waals surface area contributed by atoms with Crippen LogP contribution in [0.1, 0.15) is 325 Å². The second-order valence-electron chi connectivity index (χ2n) is 35.7. The molecule has 11 aromatic rings. The Hall–Kier alpha value is -11.9. The number of ether oxygens (including phenoxy) is 5. The third-order valence-electron chi connectivity index (χ3n) is 20.8. The molecule has 0 atom stereocenters. The average Bonchev–Trinajstić information content (AvgIpc) is 0.853. The first-order valence-electron chi connectivity index (χ1n) is 46.7. The summed E-state index contributed by atoms with van der Waals surface area (Å²) < 4.78 is 41.2. The lowest BCUT2D eigenvalue weighted by molar-refractivity contribution is 0.0593. The van der Waals surface area contributed by atoms with Gasteiger partial charge in [-0.15, -0.1) is 6.42 Å². The van der Waals surface area contributed by atoms with E-state index in [9.17, 15) is 14.0 Å². The Labute approximate surface area is 808 Å². The van der Waals surface area contributed by atoms with Gasteiger partial charge in [0.1, 0.15) is 30.0 Å². The molecular weight excluding hydrogens is 1670 g/mol. The Morgan fingerprint density at radius 1 is 0.507 bits per heavy atom. The topological polar surface area (TPSA) is 204 Å². The van der Waals surface area contributed by atoms with E-state index < -0.39 is 0 Å². The molecule has 7 heterocycles. The van der Waals surface area contributed by atoms with E-state index in [0.29, 0.717) is 103 Å². The Kier molecular flexibility index (Phi) is 65.4. The number of aliphatic hydroxyl groups excluding tert-OH is 1. The van der Waals surface area contributed by atoms with E-state index in [1.165, 1.54) is 74.5 Å². The van der Waals surface area contributed by atoms with E-state index in [2.05, 4.69) is 285 Å². The van der Waals surface area contributed by atoms with Crippen LogP contribution in [0.3, 0.4) is 0 Å². The minimum atomic E-state index is -0.147. The molecule has 0 aliphatic carbocycles. The maximum absolute atomic E-state index is 12.5. The predicted octanol–water partition coefficient (Wildman–Crippen LogP) is 29.0. The number of aromatic amines is 1. The molecule has 1 aliphatic heterocycles. The van der Waals surface area contributed by atoms with Gasteiger partial charge in [-0.3, -0.25) is 19.6 Å². The molecule has 18 heteroatoms. The molecule has 1 fully saturated rings. The van der Waals surface area contributed by atoms with Gasteiger partial charge in [0.15, 0.2) is 12.3 Å². The number of benzene rings is 5. The van der Waals surface area contributed by atoms with E-state index in [1.807, 2.05) is 124 Å². The standard InChI is InChI=1S/C16H24O2.C12H20N2O.C12H18O2.C11H13NO.C10H12N2O.C10H11N.C9H11F.C9H13N.C9H12.C8H11NO.C8H11N.2CH4/c1-13(2)15-3-5-16(6-4-15)18-12-9-14-7-10-17-11-8-14;1-10(2)11-5-6-12(13-9-11)15-8-7-14(3)4;1-10(2)11-4-6-12(7-5-11)14-9-3-8-13;1-4-7-12-8-10(9(2)3)5-6-11(12)13;1-8(2)9-3-4-10(12-7-9)13-6-5-11;1-8(2)9-5-4-6-10(7-9)11-3;1-7(2)8-4-3-5-9(10)6-8;1-7(2)9-6-10-5-4-8(9)3;1-8(2)9-6-4-3-5-7-9;1-6(2)7-3-4-8(10)9-5-7;1-7(2)8-4-3-5-9-6-8;;/h3-6,13-14H,7-12H2,1-2H3;5-6,9-10H,7-8H2,1-4H3;4-7,10,13H,3,8-9H2,1-2H3;1,5-6,8-9H,7H2,2-3H3;3-4,7-8H,6H2,1-2H3;4-8H,1-2H3;3-7H,1-2H3;4-7H,1-3H3;3-8H,1-2H3;3-6H,1-2H3,(H,9,10);3-7H,1-2H3;2*1H4. The molecule has 17 nitrogen and oxygen atoms in total. The third kappa shape index (κ3) is 55.0. The molecule has 5 aromatic carbocycles. The maximum Gasteiger partial charge on any atom is 0.251 e. The SMILES string of the molecule is C.C.C#CCn1cc(C(C)C)ccc1=O.CC(C)c1ccc(=O)[nH]c1.CC(C)c1ccc(OCC#N)nc1.CC(C)c1ccc(OCCC2CCOCC2)cc1.CC(C)c1ccc(OCCCO)cc1.CC(C)c1ccc(OCCN(C)C)nc1.CC(C)c1cccc(F)c1.CC(C)c1ccccc1.CC(C)c1cccnc1.Cc1ccncc1C(C)C.[C-]#[N+]c1cccc(C(C)C)c1. The van der Waals surface area contributed by atoms with E-state index in [-0.39, 0.29) is 45.0 Å². The summed E-state index contributed by atoms with van der Waals surface area (Å²) in [5, 5.41) is 16.8. The van der Waals surface area contributed by atoms with Crippen LogP contribution < -0.4 is 30.1 Å². The van der Waals surface area contributed by atoms with Crippen molar-refractivity contribution in [1.29, 1.82) is 5.26 Å². The van der Waals surface area contributed by atoms with E-state index in [0.717, 1.165) is 67.0 Å². The Morgan fingerprint density at radius 3 is 1.37 bits per heavy atom. The van der Waals surface area contributed by atoms with Crippen LogP contribution >= 0.6 is 0 Å². The number of terminal acetylenes is 1. The Bertz CT molecular complexity index is 5000. The monoisotopic (exact) mass is 1830 g/mol. The van der Waals surface area contributed by atoms with Gasteiger partial charge < -0.3 is 43.2 Å². The van der Waals surface area contributed by atoms with Crippen molar-refractivity contribution in [1.82, 2.24) is 34.4 Å². The summed E-state index contributed by atoms with van der Waals surface area (Å²) in [4.78, 5) is 46.3. The number of aryl methyl sites for hydroxylation is 1. The minimum Gasteiger partial charge on any atom is -0.494 e. The number of aliphatic hydroxyl groups is 1. The molecule has 1 aliphatic rings. The fraction of sp³-hybridized carbons (Fsp3) is 0.448. The fourth-order valence-corrected chi connectivity index (χ4v) is 12.0. The molecule has 0 saturated carbocycles. The molecule has 0 amide bonds. The third-order valence-corrected chi connectivity index (χ3v) is 20.8. The highest BCUT2D eigenvalue weighted by Gasteiger charge is 2.14. The van der Waals surface area contributed by atoms with E-state index in [1.54, 1.807) is 53.5 Å². The van der Waals surface area contributed by atoms with Crippen molar-refractivity contribution in [3.8, 4) is 41.7 Å². The lowest BCUT2D eigenvalue weighted by Crippen LogP contribution is -2.19. The number of hydrogen-bond acceptors (Lipinski definition) is 14. The van der Waals surface area contributed by atoms with Gasteiger partial charge in [-0.25, -0.2) is 19.2 Å². The minimum absolute atomic E-state index is 0. The number of hydrogen-bond donors (Lipinski definition) is 2. The molecule has 1 saturated heterocycles. The van der Waals surface area contributed by atoms with Crippen LogP contribution in [0.5, 0.6) is 23.3 Å². The summed E-state index contributed by atoms with van der Waals surface area (Å²) in [6.07, 6.45) is 24.1. The number of nitrogens with one attached hydrogen (secondary N) is 1. The highest BCUT2D eigenvalue weighted by molar-refractivity contribution is 5.47. The van der Waals surface area contributed by atoms with Gasteiger partial charge in [0.25, 0.3) is 5.56 Å². The van der Waals surface area contributed by atoms with Crippen molar-refractivity contribution in [2.24, 2.45) is 5.92 Å². The summed E-state index contributed by atoms with van der Waals surface area (Å²) in [7, 11) is 4.05. The van der Waals surface area contributed by atoms with Crippen LogP contribution in [0.15, 0.2) is 253 Å². The predicted molar refractivity (Wildman–Crippen MR) is 561 cm³/mol. The van der Waals surface area contributed by atoms with Crippen LogP contribution in [0.2, 0.25) is 0 Å². The zero-order valence-corrected chi connectivity index (χ0v) is 84.1. The summed E-state index contributed by atoms with van der Waals surface area (Å²) in [5.74, 6) is 12.0. The van der Waals surface area contributed by atoms with Crippen LogP contribution in [0, 0.1) is 48.9 Å². The number of halogens is 1. The lowest BCUT2D eigenvalue weighted by atomic mass is 9.97. The smallest absolute Gasteiger partial charge is 0.251 e. The van der Waals surface area contributed by atoms with Crippen molar-refractivity contribution in [3.63, 3.8) is 0 Å². The molecule has 0 bridgehead atoms. The van der Waals surface area contributed by atoms with Crippen molar-refractivity contribution in [3.05, 3.63) is 348 Å². The van der Waals surface area contributed by atoms with Crippen molar-refractivity contribution >= 4 is 5.69 Å². The van der Waals surface area contributed by atoms with Gasteiger partial charge in [0.2, 0.25) is 17.3 Å². The van der Waals surface area contributed by atoms with E-state index in [4.69, 9.17) is 47.0 Å². The second-order valence-corrected chi connectivity index (χ2v) is 35.7. The van der Waals surface area contributed by atoms with Crippen molar-refractivity contribution in [2.75, 3.05) is 66.9 Å². The molecular formula is C116H164FN9O8. The Morgan fingerprint density at radius 2 is 0.963 bits per heavy atom. The number of H-pyrrole nitrogens is 1. The van der Waals surface area contributed by atoms with Crippen LogP contribution in [-0.4, -0.2) is 106 Å². The zero-order valence-electron chi connectivity index (χ0n) is 84.1. The maximum atomic E-state index is 12.5. The fourth-order valence-electron chi connectivity index (χ4n) is 12.0. The number of aromatic nitrogens is 6. The van der Waals surface area contributed by atoms with Gasteiger partial charge in [0.05, 0.1) is 26.3 Å². The molecule has 0 spiro atoms. The van der Waals surface area contributed by atoms with Gasteiger partial charge in [0, 0.05) is 107 Å².